The van der Waals surface area contributed by atoms with Gasteiger partial charge in [0.15, 0.2) is 0 Å². The molecule has 202 valence electrons. The summed E-state index contributed by atoms with van der Waals surface area (Å²) in [4.78, 5) is 12.6. The minimum absolute atomic E-state index is 0. The molecular formula is C27H22Cl2N3NaO6S. The number of carbonyl (C=O) groups excluding carboxylic acids is 1. The van der Waals surface area contributed by atoms with Crippen molar-refractivity contribution < 1.29 is 57.2 Å². The van der Waals surface area contributed by atoms with Crippen LogP contribution in [-0.4, -0.2) is 25.5 Å². The third kappa shape index (κ3) is 6.77. The summed E-state index contributed by atoms with van der Waals surface area (Å²) < 4.78 is 39.5. The molecule has 0 saturated carbocycles. The summed E-state index contributed by atoms with van der Waals surface area (Å²) >= 11 is 12.3. The summed E-state index contributed by atoms with van der Waals surface area (Å²) in [7, 11) is -4.72. The number of carbonyl (C=O) groups is 1. The number of fused-ring (bicyclic) bond motifs is 1. The van der Waals surface area contributed by atoms with Crippen molar-refractivity contribution in [1.29, 1.82) is 0 Å². The summed E-state index contributed by atoms with van der Waals surface area (Å²) in [6.45, 7) is 3.90. The SMILES string of the molecule is CCOc1ccc(NC(=O)c2cc3ccccc3c(N=Nc3ccc(Cl)c(CC)c3S(=O)(=O)O)c2[O-])cc1Cl.[Na+]. The molecule has 4 aromatic rings. The van der Waals surface area contributed by atoms with Crippen LogP contribution in [0, 0.1) is 0 Å². The van der Waals surface area contributed by atoms with Crippen molar-refractivity contribution in [2.75, 3.05) is 11.9 Å². The smallest absolute Gasteiger partial charge is 0.870 e. The first-order valence-electron chi connectivity index (χ1n) is 11.7. The average molecular weight is 610 g/mol. The van der Waals surface area contributed by atoms with E-state index in [-0.39, 0.29) is 68.5 Å². The fraction of sp³-hybridized carbons (Fsp3) is 0.148. The van der Waals surface area contributed by atoms with Crippen molar-refractivity contribution in [3.63, 3.8) is 0 Å². The monoisotopic (exact) mass is 609 g/mol. The number of azo groups is 1. The molecule has 0 atom stereocenters. The van der Waals surface area contributed by atoms with Crippen molar-refractivity contribution >= 4 is 67.1 Å². The number of amides is 1. The van der Waals surface area contributed by atoms with Gasteiger partial charge in [-0.2, -0.15) is 13.5 Å². The van der Waals surface area contributed by atoms with Crippen molar-refractivity contribution in [3.8, 4) is 11.5 Å². The molecule has 0 aliphatic carbocycles. The van der Waals surface area contributed by atoms with E-state index in [4.69, 9.17) is 27.9 Å². The van der Waals surface area contributed by atoms with E-state index in [0.717, 1.165) is 0 Å². The molecule has 1 amide bonds. The zero-order valence-electron chi connectivity index (χ0n) is 21.7. The van der Waals surface area contributed by atoms with Crippen LogP contribution < -0.4 is 44.7 Å². The third-order valence-corrected chi connectivity index (χ3v) is 7.38. The first kappa shape index (κ1) is 31.8. The van der Waals surface area contributed by atoms with Crippen LogP contribution in [0.3, 0.4) is 0 Å². The van der Waals surface area contributed by atoms with Gasteiger partial charge in [0.2, 0.25) is 0 Å². The minimum Gasteiger partial charge on any atom is -0.870 e. The predicted octanol–water partition coefficient (Wildman–Crippen LogP) is 4.10. The van der Waals surface area contributed by atoms with Crippen molar-refractivity contribution in [1.82, 2.24) is 0 Å². The molecule has 0 radical (unpaired) electrons. The number of anilines is 1. The van der Waals surface area contributed by atoms with E-state index in [2.05, 4.69) is 15.5 Å². The van der Waals surface area contributed by atoms with Crippen LogP contribution in [-0.2, 0) is 16.5 Å². The zero-order chi connectivity index (χ0) is 28.3. The Morgan fingerprint density at radius 2 is 1.75 bits per heavy atom. The van der Waals surface area contributed by atoms with Crippen LogP contribution in [0.5, 0.6) is 11.5 Å². The largest absolute Gasteiger partial charge is 1.00 e. The zero-order valence-corrected chi connectivity index (χ0v) is 26.1. The fourth-order valence-electron chi connectivity index (χ4n) is 4.02. The maximum absolute atomic E-state index is 13.5. The number of nitrogens with one attached hydrogen (secondary N) is 1. The number of halogens is 2. The molecule has 0 saturated heterocycles. The van der Waals surface area contributed by atoms with Gasteiger partial charge in [0, 0.05) is 21.7 Å². The molecule has 0 aromatic heterocycles. The number of hydrogen-bond acceptors (Lipinski definition) is 7. The Morgan fingerprint density at radius 1 is 1.02 bits per heavy atom. The van der Waals surface area contributed by atoms with E-state index in [1.54, 1.807) is 43.3 Å². The Morgan fingerprint density at radius 3 is 2.40 bits per heavy atom. The molecule has 4 rings (SSSR count). The second-order valence-electron chi connectivity index (χ2n) is 8.26. The van der Waals surface area contributed by atoms with E-state index < -0.39 is 26.7 Å². The van der Waals surface area contributed by atoms with Crippen LogP contribution >= 0.6 is 23.2 Å². The fourth-order valence-corrected chi connectivity index (χ4v) is 5.54. The van der Waals surface area contributed by atoms with Crippen LogP contribution in [0.1, 0.15) is 29.8 Å². The summed E-state index contributed by atoms with van der Waals surface area (Å²) in [6, 6.07) is 15.5. The van der Waals surface area contributed by atoms with Gasteiger partial charge < -0.3 is 15.2 Å². The Bertz CT molecular complexity index is 1730. The first-order valence-corrected chi connectivity index (χ1v) is 13.9. The number of rotatable bonds is 8. The molecule has 9 nitrogen and oxygen atoms in total. The van der Waals surface area contributed by atoms with E-state index in [9.17, 15) is 22.9 Å². The Hall–Kier alpha value is -2.70. The summed E-state index contributed by atoms with van der Waals surface area (Å²) in [5.41, 5.74) is -0.105. The van der Waals surface area contributed by atoms with E-state index in [0.29, 0.717) is 28.8 Å². The second-order valence-corrected chi connectivity index (χ2v) is 10.4. The van der Waals surface area contributed by atoms with Gasteiger partial charge in [-0.1, -0.05) is 60.1 Å². The van der Waals surface area contributed by atoms with Crippen LogP contribution in [0.15, 0.2) is 75.8 Å². The van der Waals surface area contributed by atoms with Gasteiger partial charge in [-0.3, -0.25) is 9.35 Å². The predicted molar refractivity (Wildman–Crippen MR) is 149 cm³/mol. The number of hydrogen-bond donors (Lipinski definition) is 2. The first-order chi connectivity index (χ1) is 18.5. The summed E-state index contributed by atoms with van der Waals surface area (Å²) in [5.74, 6) is -0.987. The van der Waals surface area contributed by atoms with Crippen molar-refractivity contribution in [2.24, 2.45) is 10.2 Å². The van der Waals surface area contributed by atoms with Crippen molar-refractivity contribution in [3.05, 3.63) is 81.8 Å². The number of nitrogens with zero attached hydrogens (tertiary/aromatic N) is 2. The second kappa shape index (κ2) is 13.3. The molecule has 4 aromatic carbocycles. The maximum atomic E-state index is 13.5. The van der Waals surface area contributed by atoms with E-state index in [1.807, 2.05) is 6.92 Å². The molecule has 0 aliphatic heterocycles. The topological polar surface area (TPSA) is 140 Å². The molecule has 0 aliphatic rings. The number of benzene rings is 4. The molecule has 0 bridgehead atoms. The maximum Gasteiger partial charge on any atom is 1.00 e. The Balaban J connectivity index is 0.00000441. The quantitative estimate of drug-likeness (QED) is 0.175. The standard InChI is InChI=1S/C27H23Cl2N3O6S.Na/c1-3-17-20(28)10-11-22(26(17)39(35,36)37)31-32-24-18-8-6-5-7-15(18)13-19(25(24)33)27(34)30-16-9-12-23(38-4-2)21(29)14-16;/h5-14,33H,3-4H2,1-2H3,(H,30,34)(H,35,36,37);/q;+1/p-1. The number of ether oxygens (including phenoxy) is 1. The van der Waals surface area contributed by atoms with Gasteiger partial charge in [0.05, 0.1) is 17.3 Å². The molecule has 0 spiro atoms. The molecule has 0 heterocycles. The van der Waals surface area contributed by atoms with Gasteiger partial charge >= 0.3 is 29.6 Å². The molecule has 40 heavy (non-hydrogen) atoms. The van der Waals surface area contributed by atoms with Gasteiger partial charge in [0.25, 0.3) is 16.0 Å². The van der Waals surface area contributed by atoms with Crippen molar-refractivity contribution in [2.45, 2.75) is 25.2 Å². The normalized spacial score (nSPS) is 11.4. The molecule has 2 N–H and O–H groups in total. The van der Waals surface area contributed by atoms with Gasteiger partial charge in [-0.15, -0.1) is 5.11 Å². The third-order valence-electron chi connectivity index (χ3n) is 5.76. The van der Waals surface area contributed by atoms with Gasteiger partial charge in [0.1, 0.15) is 16.3 Å². The van der Waals surface area contributed by atoms with Gasteiger partial charge in [-0.25, -0.2) is 0 Å². The molecular weight excluding hydrogens is 588 g/mol. The molecule has 0 unspecified atom stereocenters. The average Bonchev–Trinajstić information content (AvgIpc) is 2.89. The van der Waals surface area contributed by atoms with Crippen LogP contribution in [0.2, 0.25) is 10.0 Å². The molecule has 13 heteroatoms. The Kier molecular flexibility index (Phi) is 10.6. The van der Waals surface area contributed by atoms with E-state index in [1.165, 1.54) is 24.3 Å². The Labute approximate surface area is 263 Å². The van der Waals surface area contributed by atoms with Crippen LogP contribution in [0.4, 0.5) is 17.1 Å². The van der Waals surface area contributed by atoms with Crippen LogP contribution in [0.25, 0.3) is 10.8 Å². The van der Waals surface area contributed by atoms with E-state index >= 15 is 0 Å². The van der Waals surface area contributed by atoms with Gasteiger partial charge in [-0.05, 0) is 60.7 Å². The molecule has 0 fully saturated rings. The summed E-state index contributed by atoms with van der Waals surface area (Å²) in [6.07, 6.45) is 0.193. The summed E-state index contributed by atoms with van der Waals surface area (Å²) in [5, 5.41) is 25.5. The minimum atomic E-state index is -4.72.